The van der Waals surface area contributed by atoms with Crippen LogP contribution in [0.2, 0.25) is 0 Å². The van der Waals surface area contributed by atoms with Crippen LogP contribution in [0.15, 0.2) is 48.7 Å². The highest BCUT2D eigenvalue weighted by Gasteiger charge is 2.24. The summed E-state index contributed by atoms with van der Waals surface area (Å²) in [7, 11) is 0. The van der Waals surface area contributed by atoms with Crippen LogP contribution in [0.3, 0.4) is 0 Å². The van der Waals surface area contributed by atoms with Crippen molar-refractivity contribution < 1.29 is 23.4 Å². The smallest absolute Gasteiger partial charge is 0.307 e. The van der Waals surface area contributed by atoms with E-state index in [-0.39, 0.29) is 24.0 Å². The van der Waals surface area contributed by atoms with Gasteiger partial charge in [0.1, 0.15) is 11.6 Å². The lowest BCUT2D eigenvalue weighted by atomic mass is 9.98. The van der Waals surface area contributed by atoms with Crippen molar-refractivity contribution in [2.45, 2.75) is 19.3 Å². The van der Waals surface area contributed by atoms with Crippen molar-refractivity contribution in [2.75, 3.05) is 26.2 Å². The SMILES string of the molecule is O=C(O)C1CCCN(CCO/C=C/c2ccc(F)cc2Cc2ccccc2F)C1. The largest absolute Gasteiger partial charge is 0.500 e. The number of piperidine rings is 1. The molecular weight excluding hydrogens is 376 g/mol. The van der Waals surface area contributed by atoms with Crippen molar-refractivity contribution in [1.29, 1.82) is 0 Å². The highest BCUT2D eigenvalue weighted by molar-refractivity contribution is 5.70. The average molecular weight is 401 g/mol. The van der Waals surface area contributed by atoms with Gasteiger partial charge in [0.05, 0.1) is 18.8 Å². The topological polar surface area (TPSA) is 49.8 Å². The van der Waals surface area contributed by atoms with Gasteiger partial charge in [0.15, 0.2) is 0 Å². The van der Waals surface area contributed by atoms with Gasteiger partial charge < -0.3 is 9.84 Å². The summed E-state index contributed by atoms with van der Waals surface area (Å²) in [6.45, 7) is 2.51. The van der Waals surface area contributed by atoms with Crippen molar-refractivity contribution in [3.8, 4) is 0 Å². The fraction of sp³-hybridized carbons (Fsp3) is 0.348. The number of carboxylic acid groups (broad SMARTS) is 1. The van der Waals surface area contributed by atoms with Gasteiger partial charge in [0.25, 0.3) is 0 Å². The summed E-state index contributed by atoms with van der Waals surface area (Å²) in [6.07, 6.45) is 5.18. The third-order valence-electron chi connectivity index (χ3n) is 5.17. The molecule has 1 unspecified atom stereocenters. The van der Waals surface area contributed by atoms with Crippen molar-refractivity contribution in [3.63, 3.8) is 0 Å². The minimum Gasteiger partial charge on any atom is -0.500 e. The number of likely N-dealkylation sites (tertiary alicyclic amines) is 1. The summed E-state index contributed by atoms with van der Waals surface area (Å²) in [5, 5.41) is 9.14. The molecule has 1 aliphatic heterocycles. The lowest BCUT2D eigenvalue weighted by molar-refractivity contribution is -0.143. The Bertz CT molecular complexity index is 869. The number of benzene rings is 2. The van der Waals surface area contributed by atoms with Crippen LogP contribution in [0, 0.1) is 17.6 Å². The maximum atomic E-state index is 13.9. The van der Waals surface area contributed by atoms with Crippen LogP contribution in [0.4, 0.5) is 8.78 Å². The van der Waals surface area contributed by atoms with Gasteiger partial charge in [-0.25, -0.2) is 8.78 Å². The second kappa shape index (κ2) is 10.2. The first-order chi connectivity index (χ1) is 14.0. The number of hydrogen-bond acceptors (Lipinski definition) is 3. The zero-order valence-corrected chi connectivity index (χ0v) is 16.2. The Labute approximate surface area is 169 Å². The molecule has 2 aromatic carbocycles. The van der Waals surface area contributed by atoms with E-state index in [0.29, 0.717) is 30.8 Å². The van der Waals surface area contributed by atoms with Crippen molar-refractivity contribution >= 4 is 12.0 Å². The monoisotopic (exact) mass is 401 g/mol. The maximum Gasteiger partial charge on any atom is 0.307 e. The Morgan fingerprint density at radius 1 is 1.21 bits per heavy atom. The van der Waals surface area contributed by atoms with Gasteiger partial charge in [-0.1, -0.05) is 24.3 Å². The zero-order valence-electron chi connectivity index (χ0n) is 16.2. The van der Waals surface area contributed by atoms with Crippen LogP contribution in [0.25, 0.3) is 6.08 Å². The summed E-state index contributed by atoms with van der Waals surface area (Å²) in [5.74, 6) is -1.73. The van der Waals surface area contributed by atoms with E-state index >= 15 is 0 Å². The van der Waals surface area contributed by atoms with E-state index in [1.54, 1.807) is 36.6 Å². The standard InChI is InChI=1S/C23H25F2NO3/c24-21-8-7-17(20(15-21)14-18-4-1-2-6-22(18)25)9-12-29-13-11-26-10-3-5-19(16-26)23(27)28/h1-2,4,6-9,12,15,19H,3,5,10-11,13-14,16H2,(H,27,28)/b12-9+. The predicted molar refractivity (Wildman–Crippen MR) is 107 cm³/mol. The van der Waals surface area contributed by atoms with Crippen LogP contribution in [-0.2, 0) is 16.0 Å². The van der Waals surface area contributed by atoms with E-state index in [1.807, 2.05) is 0 Å². The van der Waals surface area contributed by atoms with Crippen LogP contribution in [-0.4, -0.2) is 42.2 Å². The number of carbonyl (C=O) groups is 1. The fourth-order valence-corrected chi connectivity index (χ4v) is 3.57. The highest BCUT2D eigenvalue weighted by atomic mass is 19.1. The molecule has 0 bridgehead atoms. The van der Waals surface area contributed by atoms with Crippen molar-refractivity contribution in [3.05, 3.63) is 77.1 Å². The summed E-state index contributed by atoms with van der Waals surface area (Å²) < 4.78 is 33.2. The first-order valence-electron chi connectivity index (χ1n) is 9.78. The Morgan fingerprint density at radius 2 is 2.03 bits per heavy atom. The minimum absolute atomic E-state index is 0.286. The van der Waals surface area contributed by atoms with Gasteiger partial charge in [-0.05, 0) is 60.4 Å². The molecule has 1 N–H and O–H groups in total. The van der Waals surface area contributed by atoms with Crippen LogP contribution in [0.1, 0.15) is 29.5 Å². The summed E-state index contributed by atoms with van der Waals surface area (Å²) in [4.78, 5) is 13.2. The molecule has 154 valence electrons. The molecule has 29 heavy (non-hydrogen) atoms. The van der Waals surface area contributed by atoms with Crippen molar-refractivity contribution in [1.82, 2.24) is 4.90 Å². The Hall–Kier alpha value is -2.73. The number of ether oxygens (including phenoxy) is 1. The first-order valence-corrected chi connectivity index (χ1v) is 9.78. The molecule has 2 aromatic rings. The van der Waals surface area contributed by atoms with Crippen molar-refractivity contribution in [2.24, 2.45) is 5.92 Å². The second-order valence-electron chi connectivity index (χ2n) is 7.26. The van der Waals surface area contributed by atoms with Gasteiger partial charge in [-0.15, -0.1) is 0 Å². The fourth-order valence-electron chi connectivity index (χ4n) is 3.57. The molecule has 1 aliphatic rings. The van der Waals surface area contributed by atoms with E-state index in [1.165, 1.54) is 18.2 Å². The number of halogens is 2. The van der Waals surface area contributed by atoms with E-state index in [9.17, 15) is 13.6 Å². The normalized spacial score (nSPS) is 17.5. The molecule has 0 amide bonds. The van der Waals surface area contributed by atoms with Gasteiger partial charge in [0.2, 0.25) is 0 Å². The molecule has 1 atom stereocenters. The Balaban J connectivity index is 1.55. The zero-order chi connectivity index (χ0) is 20.6. The van der Waals surface area contributed by atoms with Gasteiger partial charge in [-0.3, -0.25) is 9.69 Å². The maximum absolute atomic E-state index is 13.9. The molecule has 4 nitrogen and oxygen atoms in total. The number of aliphatic carboxylic acids is 1. The molecule has 3 rings (SSSR count). The van der Waals surface area contributed by atoms with E-state index < -0.39 is 5.97 Å². The number of hydrogen-bond donors (Lipinski definition) is 1. The Kier molecular flexibility index (Phi) is 7.36. The molecule has 1 heterocycles. The molecule has 0 radical (unpaired) electrons. The summed E-state index contributed by atoms with van der Waals surface area (Å²) >= 11 is 0. The molecule has 6 heteroatoms. The molecule has 0 aliphatic carbocycles. The summed E-state index contributed by atoms with van der Waals surface area (Å²) in [5.41, 5.74) is 1.94. The summed E-state index contributed by atoms with van der Waals surface area (Å²) in [6, 6.07) is 10.9. The van der Waals surface area contributed by atoms with Crippen LogP contribution >= 0.6 is 0 Å². The third-order valence-corrected chi connectivity index (χ3v) is 5.17. The molecular formula is C23H25F2NO3. The molecule has 0 spiro atoms. The van der Waals surface area contributed by atoms with E-state index in [0.717, 1.165) is 24.9 Å². The molecule has 1 saturated heterocycles. The quantitative estimate of drug-likeness (QED) is 0.528. The third kappa shape index (κ3) is 6.12. The second-order valence-corrected chi connectivity index (χ2v) is 7.26. The lowest BCUT2D eigenvalue weighted by Crippen LogP contribution is -2.40. The van der Waals surface area contributed by atoms with E-state index in [4.69, 9.17) is 9.84 Å². The minimum atomic E-state index is -0.741. The predicted octanol–water partition coefficient (Wildman–Crippen LogP) is 4.34. The average Bonchev–Trinajstić information content (AvgIpc) is 2.71. The Morgan fingerprint density at radius 3 is 2.83 bits per heavy atom. The number of nitrogens with zero attached hydrogens (tertiary/aromatic N) is 1. The highest BCUT2D eigenvalue weighted by Crippen LogP contribution is 2.20. The molecule has 0 saturated carbocycles. The molecule has 0 aromatic heterocycles. The van der Waals surface area contributed by atoms with Gasteiger partial charge in [-0.2, -0.15) is 0 Å². The lowest BCUT2D eigenvalue weighted by Gasteiger charge is -2.30. The van der Waals surface area contributed by atoms with Crippen LogP contribution < -0.4 is 0 Å². The van der Waals surface area contributed by atoms with Crippen LogP contribution in [0.5, 0.6) is 0 Å². The number of rotatable bonds is 8. The first kappa shape index (κ1) is 21.0. The van der Waals surface area contributed by atoms with Gasteiger partial charge >= 0.3 is 5.97 Å². The molecule has 1 fully saturated rings. The van der Waals surface area contributed by atoms with Gasteiger partial charge in [0, 0.05) is 19.5 Å². The number of carboxylic acids is 1. The van der Waals surface area contributed by atoms with E-state index in [2.05, 4.69) is 4.90 Å².